The summed E-state index contributed by atoms with van der Waals surface area (Å²) in [5.41, 5.74) is -1.09. The van der Waals surface area contributed by atoms with E-state index in [1.165, 1.54) is 25.4 Å². The van der Waals surface area contributed by atoms with Gasteiger partial charge in [0.1, 0.15) is 0 Å². The highest BCUT2D eigenvalue weighted by atomic mass is 19.4. The van der Waals surface area contributed by atoms with Crippen molar-refractivity contribution in [1.82, 2.24) is 4.98 Å². The van der Waals surface area contributed by atoms with Crippen LogP contribution in [0, 0.1) is 0 Å². The molecular formula is C9H8F3NO. The Hall–Kier alpha value is -1.52. The van der Waals surface area contributed by atoms with E-state index in [0.717, 1.165) is 0 Å². The first-order valence-corrected chi connectivity index (χ1v) is 3.72. The van der Waals surface area contributed by atoms with Gasteiger partial charge in [-0.15, -0.1) is 0 Å². The Morgan fingerprint density at radius 3 is 2.64 bits per heavy atom. The molecule has 0 unspecified atom stereocenters. The summed E-state index contributed by atoms with van der Waals surface area (Å²) in [6, 6.07) is 2.66. The van der Waals surface area contributed by atoms with Crippen molar-refractivity contribution < 1.29 is 17.9 Å². The average Bonchev–Trinajstić information content (AvgIpc) is 2.15. The second-order valence-corrected chi connectivity index (χ2v) is 2.54. The zero-order valence-electron chi connectivity index (χ0n) is 7.43. The third-order valence-electron chi connectivity index (χ3n) is 1.63. The van der Waals surface area contributed by atoms with E-state index in [1.807, 2.05) is 0 Å². The molecule has 5 heteroatoms. The van der Waals surface area contributed by atoms with Crippen LogP contribution in [-0.4, -0.2) is 18.3 Å². The topological polar surface area (TPSA) is 22.1 Å². The summed E-state index contributed by atoms with van der Waals surface area (Å²) in [6.45, 7) is 2.96. The molecule has 1 rings (SSSR count). The number of aromatic nitrogens is 1. The van der Waals surface area contributed by atoms with Crippen molar-refractivity contribution in [3.63, 3.8) is 0 Å². The number of hydrogen-bond donors (Lipinski definition) is 0. The second-order valence-electron chi connectivity index (χ2n) is 2.54. The van der Waals surface area contributed by atoms with Gasteiger partial charge in [-0.25, -0.2) is 4.98 Å². The van der Waals surface area contributed by atoms with Crippen LogP contribution in [0.5, 0.6) is 5.88 Å². The van der Waals surface area contributed by atoms with Crippen LogP contribution in [0.4, 0.5) is 13.2 Å². The van der Waals surface area contributed by atoms with Gasteiger partial charge in [-0.2, -0.15) is 13.2 Å². The number of ether oxygens (including phenoxy) is 1. The second kappa shape index (κ2) is 3.69. The molecule has 1 heterocycles. The Kier molecular flexibility index (Phi) is 2.78. The lowest BCUT2D eigenvalue weighted by Crippen LogP contribution is -2.10. The van der Waals surface area contributed by atoms with Crippen molar-refractivity contribution in [2.75, 3.05) is 7.11 Å². The number of halogens is 3. The first kappa shape index (κ1) is 10.6. The van der Waals surface area contributed by atoms with Gasteiger partial charge in [0.2, 0.25) is 5.88 Å². The first-order valence-electron chi connectivity index (χ1n) is 3.72. The fourth-order valence-corrected chi connectivity index (χ4v) is 0.936. The summed E-state index contributed by atoms with van der Waals surface area (Å²) in [7, 11) is 1.26. The number of allylic oxidation sites excluding steroid dienone is 1. The molecule has 0 aromatic carbocycles. The Bertz CT molecular complexity index is 346. The van der Waals surface area contributed by atoms with E-state index < -0.39 is 11.7 Å². The Labute approximate surface area is 79.0 Å². The van der Waals surface area contributed by atoms with Gasteiger partial charge < -0.3 is 4.74 Å². The molecule has 1 aromatic rings. The molecule has 0 aliphatic carbocycles. The van der Waals surface area contributed by atoms with Crippen LogP contribution in [0.3, 0.4) is 0 Å². The molecule has 0 aliphatic heterocycles. The average molecular weight is 203 g/mol. The molecule has 1 aromatic heterocycles. The molecule has 0 atom stereocenters. The Morgan fingerprint density at radius 1 is 1.50 bits per heavy atom. The molecule has 2 nitrogen and oxygen atoms in total. The van der Waals surface area contributed by atoms with Gasteiger partial charge in [0.15, 0.2) is 0 Å². The van der Waals surface area contributed by atoms with E-state index in [-0.39, 0.29) is 11.4 Å². The predicted molar refractivity (Wildman–Crippen MR) is 45.9 cm³/mol. The molecule has 0 bridgehead atoms. The SMILES string of the molecule is C=C(c1cccnc1OC)C(F)(F)F. The van der Waals surface area contributed by atoms with Crippen molar-refractivity contribution >= 4 is 5.57 Å². The van der Waals surface area contributed by atoms with Crippen molar-refractivity contribution in [3.05, 3.63) is 30.5 Å². The minimum absolute atomic E-state index is 0.0742. The predicted octanol–water partition coefficient (Wildman–Crippen LogP) is 2.67. The molecular weight excluding hydrogens is 195 g/mol. The van der Waals surface area contributed by atoms with Crippen molar-refractivity contribution in [2.24, 2.45) is 0 Å². The Morgan fingerprint density at radius 2 is 2.14 bits per heavy atom. The van der Waals surface area contributed by atoms with Gasteiger partial charge in [-0.05, 0) is 12.1 Å². The fraction of sp³-hybridized carbons (Fsp3) is 0.222. The summed E-state index contributed by atoms with van der Waals surface area (Å²) in [4.78, 5) is 3.65. The lowest BCUT2D eigenvalue weighted by atomic mass is 10.1. The van der Waals surface area contributed by atoms with E-state index >= 15 is 0 Å². The van der Waals surface area contributed by atoms with Gasteiger partial charge in [0.25, 0.3) is 0 Å². The molecule has 0 saturated heterocycles. The standard InChI is InChI=1S/C9H8F3NO/c1-6(9(10,11)12)7-4-3-5-13-8(7)14-2/h3-5H,1H2,2H3. The molecule has 0 fully saturated rings. The monoisotopic (exact) mass is 203 g/mol. The normalized spacial score (nSPS) is 11.1. The van der Waals surface area contributed by atoms with E-state index in [0.29, 0.717) is 0 Å². The minimum Gasteiger partial charge on any atom is -0.481 e. The van der Waals surface area contributed by atoms with E-state index in [4.69, 9.17) is 0 Å². The number of hydrogen-bond acceptors (Lipinski definition) is 2. The van der Waals surface area contributed by atoms with Crippen molar-refractivity contribution in [3.8, 4) is 5.88 Å². The lowest BCUT2D eigenvalue weighted by Gasteiger charge is -2.12. The highest BCUT2D eigenvalue weighted by Crippen LogP contribution is 2.35. The van der Waals surface area contributed by atoms with Gasteiger partial charge >= 0.3 is 6.18 Å². The summed E-state index contributed by atoms with van der Waals surface area (Å²) < 4.78 is 41.5. The third-order valence-corrected chi connectivity index (χ3v) is 1.63. The fourth-order valence-electron chi connectivity index (χ4n) is 0.936. The van der Waals surface area contributed by atoms with Crippen LogP contribution in [0.1, 0.15) is 5.56 Å². The number of rotatable bonds is 2. The van der Waals surface area contributed by atoms with Crippen LogP contribution < -0.4 is 4.74 Å². The number of pyridine rings is 1. The third kappa shape index (κ3) is 2.04. The quantitative estimate of drug-likeness (QED) is 0.737. The highest BCUT2D eigenvalue weighted by Gasteiger charge is 2.34. The number of alkyl halides is 3. The summed E-state index contributed by atoms with van der Waals surface area (Å²) in [5, 5.41) is 0. The zero-order valence-corrected chi connectivity index (χ0v) is 7.43. The van der Waals surface area contributed by atoms with Gasteiger partial charge in [-0.1, -0.05) is 6.58 Å². The van der Waals surface area contributed by atoms with Crippen molar-refractivity contribution in [1.29, 1.82) is 0 Å². The van der Waals surface area contributed by atoms with Crippen LogP contribution >= 0.6 is 0 Å². The molecule has 0 spiro atoms. The van der Waals surface area contributed by atoms with Gasteiger partial charge in [0, 0.05) is 11.8 Å². The Balaban J connectivity index is 3.13. The number of methoxy groups -OCH3 is 1. The molecule has 0 radical (unpaired) electrons. The van der Waals surface area contributed by atoms with Gasteiger partial charge in [-0.3, -0.25) is 0 Å². The smallest absolute Gasteiger partial charge is 0.416 e. The molecule has 0 aliphatic rings. The van der Waals surface area contributed by atoms with Crippen LogP contribution in [0.2, 0.25) is 0 Å². The van der Waals surface area contributed by atoms with Gasteiger partial charge in [0.05, 0.1) is 12.7 Å². The van der Waals surface area contributed by atoms with E-state index in [2.05, 4.69) is 16.3 Å². The minimum atomic E-state index is -4.46. The maximum Gasteiger partial charge on any atom is 0.416 e. The molecule has 0 N–H and O–H groups in total. The van der Waals surface area contributed by atoms with Crippen molar-refractivity contribution in [2.45, 2.75) is 6.18 Å². The lowest BCUT2D eigenvalue weighted by molar-refractivity contribution is -0.0688. The summed E-state index contributed by atoms with van der Waals surface area (Å²) in [6.07, 6.45) is -3.11. The van der Waals surface area contributed by atoms with Crippen LogP contribution in [0.25, 0.3) is 5.57 Å². The number of nitrogens with zero attached hydrogens (tertiary/aromatic N) is 1. The maximum absolute atomic E-state index is 12.3. The van der Waals surface area contributed by atoms with E-state index in [1.54, 1.807) is 0 Å². The largest absolute Gasteiger partial charge is 0.481 e. The molecule has 0 saturated carbocycles. The van der Waals surface area contributed by atoms with Crippen LogP contribution in [0.15, 0.2) is 24.9 Å². The maximum atomic E-state index is 12.3. The first-order chi connectivity index (χ1) is 6.46. The summed E-state index contributed by atoms with van der Waals surface area (Å²) in [5.74, 6) is -0.0742. The van der Waals surface area contributed by atoms with E-state index in [9.17, 15) is 13.2 Å². The summed E-state index contributed by atoms with van der Waals surface area (Å²) >= 11 is 0. The zero-order chi connectivity index (χ0) is 10.8. The molecule has 76 valence electrons. The molecule has 14 heavy (non-hydrogen) atoms. The van der Waals surface area contributed by atoms with Crippen LogP contribution in [-0.2, 0) is 0 Å². The highest BCUT2D eigenvalue weighted by molar-refractivity contribution is 5.70. The molecule has 0 amide bonds.